The van der Waals surface area contributed by atoms with Crippen molar-refractivity contribution >= 4 is 34.9 Å². The molecule has 6 nitrogen and oxygen atoms in total. The summed E-state index contributed by atoms with van der Waals surface area (Å²) in [5, 5.41) is 5.58. The smallest absolute Gasteiger partial charge is 0.256 e. The van der Waals surface area contributed by atoms with Crippen molar-refractivity contribution in [2.24, 2.45) is 0 Å². The predicted octanol–water partition coefficient (Wildman–Crippen LogP) is 1.88. The number of benzene rings is 1. The molecule has 1 aromatic carbocycles. The lowest BCUT2D eigenvalue weighted by molar-refractivity contribution is -0.115. The number of nitrogens with one attached hydrogen (secondary N) is 2. The molecule has 1 aromatic heterocycles. The third-order valence-corrected chi connectivity index (χ3v) is 3.07. The highest BCUT2D eigenvalue weighted by molar-refractivity contribution is 6.29. The van der Waals surface area contributed by atoms with Crippen LogP contribution >= 0.6 is 11.6 Å². The molecule has 2 amide bonds. The normalized spacial score (nSPS) is 12.8. The van der Waals surface area contributed by atoms with Crippen LogP contribution in [-0.4, -0.2) is 21.8 Å². The van der Waals surface area contributed by atoms with Gasteiger partial charge in [-0.1, -0.05) is 11.6 Å². The van der Waals surface area contributed by atoms with Gasteiger partial charge in [0.1, 0.15) is 17.3 Å². The molecule has 0 bridgehead atoms. The van der Waals surface area contributed by atoms with Crippen LogP contribution in [0.3, 0.4) is 0 Å². The molecule has 0 saturated heterocycles. The third-order valence-electron chi connectivity index (χ3n) is 2.87. The Morgan fingerprint density at radius 2 is 2.15 bits per heavy atom. The van der Waals surface area contributed by atoms with Crippen LogP contribution in [0.25, 0.3) is 0 Å². The van der Waals surface area contributed by atoms with E-state index in [1.54, 1.807) is 18.2 Å². The average Bonchev–Trinajstić information content (AvgIpc) is 2.77. The van der Waals surface area contributed by atoms with Gasteiger partial charge < -0.3 is 10.6 Å². The fourth-order valence-electron chi connectivity index (χ4n) is 1.96. The number of carbonyl (C=O) groups excluding carboxylic acids is 2. The predicted molar refractivity (Wildman–Crippen MR) is 73.8 cm³/mol. The summed E-state index contributed by atoms with van der Waals surface area (Å²) in [5.41, 5.74) is 2.01. The van der Waals surface area contributed by atoms with Crippen molar-refractivity contribution in [3.8, 4) is 0 Å². The summed E-state index contributed by atoms with van der Waals surface area (Å²) < 4.78 is 0. The van der Waals surface area contributed by atoms with Gasteiger partial charge in [0.2, 0.25) is 5.91 Å². The van der Waals surface area contributed by atoms with Crippen LogP contribution in [0, 0.1) is 0 Å². The number of fused-ring (bicyclic) bond motifs is 1. The molecule has 0 fully saturated rings. The lowest BCUT2D eigenvalue weighted by Gasteiger charge is -2.06. The first-order chi connectivity index (χ1) is 9.61. The van der Waals surface area contributed by atoms with Gasteiger partial charge in [-0.25, -0.2) is 9.97 Å². The van der Waals surface area contributed by atoms with Crippen molar-refractivity contribution in [2.45, 2.75) is 6.42 Å². The molecule has 2 aromatic rings. The number of rotatable bonds is 2. The molecule has 0 saturated carbocycles. The van der Waals surface area contributed by atoms with E-state index in [0.717, 1.165) is 11.3 Å². The van der Waals surface area contributed by atoms with Crippen molar-refractivity contribution in [2.75, 3.05) is 10.6 Å². The minimum atomic E-state index is -0.318. The molecular weight excluding hydrogens is 280 g/mol. The van der Waals surface area contributed by atoms with E-state index in [1.165, 1.54) is 12.4 Å². The van der Waals surface area contributed by atoms with E-state index in [2.05, 4.69) is 20.6 Å². The highest BCUT2D eigenvalue weighted by atomic mass is 35.5. The maximum absolute atomic E-state index is 12.1. The summed E-state index contributed by atoms with van der Waals surface area (Å²) in [6.07, 6.45) is 1.55. The number of amides is 2. The van der Waals surface area contributed by atoms with E-state index in [0.29, 0.717) is 11.4 Å². The van der Waals surface area contributed by atoms with Crippen LogP contribution in [0.1, 0.15) is 15.9 Å². The molecule has 1 aliphatic rings. The van der Waals surface area contributed by atoms with Crippen LogP contribution in [-0.2, 0) is 11.2 Å². The Morgan fingerprint density at radius 1 is 1.30 bits per heavy atom. The van der Waals surface area contributed by atoms with Crippen molar-refractivity contribution in [1.29, 1.82) is 0 Å². The summed E-state index contributed by atoms with van der Waals surface area (Å²) in [4.78, 5) is 31.0. The third kappa shape index (κ3) is 2.46. The molecule has 1 aliphatic heterocycles. The second-order valence-corrected chi connectivity index (χ2v) is 4.66. The standard InChI is InChI=1S/C13H9ClN4O2/c14-10-5-11(16-6-15-10)18-13(20)7-1-2-9-8(3-7)4-12(19)17-9/h1-3,5-6H,4H2,(H,17,19)(H,15,16,18,20). The van der Waals surface area contributed by atoms with Gasteiger partial charge in [-0.05, 0) is 23.8 Å². The number of aromatic nitrogens is 2. The summed E-state index contributed by atoms with van der Waals surface area (Å²) in [5.74, 6) is -0.0632. The number of hydrogen-bond donors (Lipinski definition) is 2. The van der Waals surface area contributed by atoms with Gasteiger partial charge >= 0.3 is 0 Å². The first kappa shape index (κ1) is 12.6. The molecule has 7 heteroatoms. The van der Waals surface area contributed by atoms with Crippen LogP contribution in [0.15, 0.2) is 30.6 Å². The monoisotopic (exact) mass is 288 g/mol. The van der Waals surface area contributed by atoms with Crippen LogP contribution in [0.4, 0.5) is 11.5 Å². The van der Waals surface area contributed by atoms with Crippen LogP contribution < -0.4 is 10.6 Å². The zero-order valence-corrected chi connectivity index (χ0v) is 10.9. The Morgan fingerprint density at radius 3 is 2.95 bits per heavy atom. The maximum Gasteiger partial charge on any atom is 0.256 e. The van der Waals surface area contributed by atoms with Crippen molar-refractivity contribution in [1.82, 2.24) is 9.97 Å². The van der Waals surface area contributed by atoms with E-state index in [4.69, 9.17) is 11.6 Å². The first-order valence-corrected chi connectivity index (χ1v) is 6.21. The number of nitrogens with zero attached hydrogens (tertiary/aromatic N) is 2. The van der Waals surface area contributed by atoms with E-state index in [1.807, 2.05) is 0 Å². The number of hydrogen-bond acceptors (Lipinski definition) is 4. The molecule has 0 atom stereocenters. The average molecular weight is 289 g/mol. The van der Waals surface area contributed by atoms with Gasteiger partial charge in [0.05, 0.1) is 6.42 Å². The lowest BCUT2D eigenvalue weighted by Crippen LogP contribution is -2.13. The van der Waals surface area contributed by atoms with Gasteiger partial charge in [0.25, 0.3) is 5.91 Å². The highest BCUT2D eigenvalue weighted by Gasteiger charge is 2.19. The number of anilines is 2. The van der Waals surface area contributed by atoms with Crippen LogP contribution in [0.2, 0.25) is 5.15 Å². The second-order valence-electron chi connectivity index (χ2n) is 4.28. The molecule has 2 heterocycles. The summed E-state index contributed by atoms with van der Waals surface area (Å²) >= 11 is 5.72. The topological polar surface area (TPSA) is 84.0 Å². The van der Waals surface area contributed by atoms with Gasteiger partial charge in [0, 0.05) is 17.3 Å². The van der Waals surface area contributed by atoms with Gasteiger partial charge in [0.15, 0.2) is 0 Å². The Hall–Kier alpha value is -2.47. The Labute approximate surface area is 119 Å². The zero-order valence-electron chi connectivity index (χ0n) is 10.2. The summed E-state index contributed by atoms with van der Waals surface area (Å²) in [7, 11) is 0. The van der Waals surface area contributed by atoms with Gasteiger partial charge in [-0.2, -0.15) is 0 Å². The van der Waals surface area contributed by atoms with Crippen molar-refractivity contribution in [3.05, 3.63) is 46.9 Å². The molecule has 0 spiro atoms. The largest absolute Gasteiger partial charge is 0.326 e. The fraction of sp³-hybridized carbons (Fsp3) is 0.0769. The number of halogens is 1. The Bertz CT molecular complexity index is 717. The number of carbonyl (C=O) groups is 2. The molecule has 0 radical (unpaired) electrons. The molecule has 0 aliphatic carbocycles. The minimum Gasteiger partial charge on any atom is -0.326 e. The molecule has 20 heavy (non-hydrogen) atoms. The fourth-order valence-corrected chi connectivity index (χ4v) is 2.11. The first-order valence-electron chi connectivity index (χ1n) is 5.83. The Balaban J connectivity index is 1.81. The quantitative estimate of drug-likeness (QED) is 0.826. The van der Waals surface area contributed by atoms with Crippen molar-refractivity contribution in [3.63, 3.8) is 0 Å². The molecule has 2 N–H and O–H groups in total. The highest BCUT2D eigenvalue weighted by Crippen LogP contribution is 2.24. The van der Waals surface area contributed by atoms with E-state index >= 15 is 0 Å². The molecular formula is C13H9ClN4O2. The molecule has 0 unspecified atom stereocenters. The van der Waals surface area contributed by atoms with E-state index in [-0.39, 0.29) is 23.4 Å². The Kier molecular flexibility index (Phi) is 3.08. The summed E-state index contributed by atoms with van der Waals surface area (Å²) in [6, 6.07) is 6.49. The SMILES string of the molecule is O=C1Cc2cc(C(=O)Nc3cc(Cl)ncn3)ccc2N1. The minimum absolute atomic E-state index is 0.0693. The lowest BCUT2D eigenvalue weighted by atomic mass is 10.1. The van der Waals surface area contributed by atoms with Crippen LogP contribution in [0.5, 0.6) is 0 Å². The molecule has 3 rings (SSSR count). The summed E-state index contributed by atoms with van der Waals surface area (Å²) in [6.45, 7) is 0. The van der Waals surface area contributed by atoms with Crippen molar-refractivity contribution < 1.29 is 9.59 Å². The second kappa shape index (κ2) is 4.90. The van der Waals surface area contributed by atoms with E-state index in [9.17, 15) is 9.59 Å². The maximum atomic E-state index is 12.1. The zero-order chi connectivity index (χ0) is 14.1. The molecule has 100 valence electrons. The van der Waals surface area contributed by atoms with Gasteiger partial charge in [-0.15, -0.1) is 0 Å². The van der Waals surface area contributed by atoms with Gasteiger partial charge in [-0.3, -0.25) is 9.59 Å². The van der Waals surface area contributed by atoms with E-state index < -0.39 is 0 Å².